The summed E-state index contributed by atoms with van der Waals surface area (Å²) in [5, 5.41) is 2.96. The Bertz CT molecular complexity index is 788. The predicted octanol–water partition coefficient (Wildman–Crippen LogP) is 2.66. The Balaban J connectivity index is 1.67. The Morgan fingerprint density at radius 1 is 1.08 bits per heavy atom. The van der Waals surface area contributed by atoms with Gasteiger partial charge in [0, 0.05) is 24.7 Å². The van der Waals surface area contributed by atoms with Crippen LogP contribution in [0.3, 0.4) is 0 Å². The second-order valence-corrected chi connectivity index (χ2v) is 6.57. The molecule has 5 nitrogen and oxygen atoms in total. The summed E-state index contributed by atoms with van der Waals surface area (Å²) in [6.45, 7) is 0.744. The number of piperidine rings is 1. The number of hydrogen-bond acceptors (Lipinski definition) is 3. The van der Waals surface area contributed by atoms with Crippen LogP contribution in [0.15, 0.2) is 48.5 Å². The molecule has 5 heteroatoms. The third-order valence-corrected chi connectivity index (χ3v) is 4.92. The lowest BCUT2D eigenvalue weighted by Crippen LogP contribution is -2.52. The molecule has 4 rings (SSSR count). The number of carbonyl (C=O) groups excluding carboxylic acids is 2. The Morgan fingerprint density at radius 2 is 1.68 bits per heavy atom. The molecule has 0 radical (unpaired) electrons. The van der Waals surface area contributed by atoms with E-state index in [-0.39, 0.29) is 11.8 Å². The molecule has 1 saturated heterocycles. The molecule has 128 valence electrons. The molecular weight excluding hydrogens is 316 g/mol. The summed E-state index contributed by atoms with van der Waals surface area (Å²) in [5.41, 5.74) is 1.66. The summed E-state index contributed by atoms with van der Waals surface area (Å²) in [7, 11) is 1.78. The first-order valence-corrected chi connectivity index (χ1v) is 8.56. The van der Waals surface area contributed by atoms with Crippen molar-refractivity contribution in [3.8, 4) is 11.5 Å². The van der Waals surface area contributed by atoms with Gasteiger partial charge in [0.25, 0.3) is 0 Å². The van der Waals surface area contributed by atoms with Gasteiger partial charge in [-0.25, -0.2) is 0 Å². The fourth-order valence-corrected chi connectivity index (χ4v) is 3.61. The van der Waals surface area contributed by atoms with Gasteiger partial charge in [0.1, 0.15) is 17.5 Å². The molecule has 0 spiro atoms. The van der Waals surface area contributed by atoms with Crippen LogP contribution in [0.1, 0.15) is 29.9 Å². The highest BCUT2D eigenvalue weighted by Gasteiger charge is 2.35. The lowest BCUT2D eigenvalue weighted by molar-refractivity contribution is -0.137. The summed E-state index contributed by atoms with van der Waals surface area (Å²) in [5.74, 6) is 0.730. The molecule has 25 heavy (non-hydrogen) atoms. The van der Waals surface area contributed by atoms with Crippen molar-refractivity contribution in [3.05, 3.63) is 59.7 Å². The minimum Gasteiger partial charge on any atom is -0.457 e. The van der Waals surface area contributed by atoms with E-state index >= 15 is 0 Å². The molecule has 1 fully saturated rings. The van der Waals surface area contributed by atoms with Crippen LogP contribution >= 0.6 is 0 Å². The quantitative estimate of drug-likeness (QED) is 0.917. The van der Waals surface area contributed by atoms with Gasteiger partial charge in [-0.05, 0) is 25.0 Å². The van der Waals surface area contributed by atoms with Crippen molar-refractivity contribution in [1.29, 1.82) is 0 Å². The molecule has 0 aliphatic carbocycles. The van der Waals surface area contributed by atoms with Crippen LogP contribution in [0.2, 0.25) is 0 Å². The van der Waals surface area contributed by atoms with E-state index in [1.165, 1.54) is 0 Å². The highest BCUT2D eigenvalue weighted by molar-refractivity contribution is 5.94. The van der Waals surface area contributed by atoms with Crippen LogP contribution < -0.4 is 10.1 Å². The molecule has 2 aliphatic heterocycles. The third kappa shape index (κ3) is 2.76. The summed E-state index contributed by atoms with van der Waals surface area (Å²) in [4.78, 5) is 27.1. The van der Waals surface area contributed by atoms with Crippen LogP contribution in [0.25, 0.3) is 0 Å². The van der Waals surface area contributed by atoms with Crippen molar-refractivity contribution in [2.45, 2.75) is 24.8 Å². The number of rotatable bonds is 2. The van der Waals surface area contributed by atoms with Crippen LogP contribution in [0.4, 0.5) is 0 Å². The maximum atomic E-state index is 13.1. The number of likely N-dealkylation sites (tertiary alicyclic amines) is 1. The topological polar surface area (TPSA) is 58.6 Å². The van der Waals surface area contributed by atoms with Gasteiger partial charge in [-0.2, -0.15) is 0 Å². The maximum absolute atomic E-state index is 13.1. The maximum Gasteiger partial charge on any atom is 0.244 e. The third-order valence-electron chi connectivity index (χ3n) is 4.92. The zero-order valence-corrected chi connectivity index (χ0v) is 14.1. The number of amides is 2. The van der Waals surface area contributed by atoms with E-state index in [0.717, 1.165) is 24.1 Å². The zero-order valence-electron chi connectivity index (χ0n) is 14.1. The Labute approximate surface area is 146 Å². The van der Waals surface area contributed by atoms with E-state index in [0.29, 0.717) is 17.9 Å². The fraction of sp³-hybridized carbons (Fsp3) is 0.300. The standard InChI is InChI=1S/C20H20N2O3/c1-22-12-6-9-15(20(22)24)21-19(23)18-13-7-2-4-10-16(13)25-17-11-5-3-8-14(17)18/h2-5,7-8,10-11,15,18H,6,9,12H2,1H3,(H,21,23). The van der Waals surface area contributed by atoms with Crippen molar-refractivity contribution in [2.75, 3.05) is 13.6 Å². The van der Waals surface area contributed by atoms with Crippen molar-refractivity contribution in [1.82, 2.24) is 10.2 Å². The van der Waals surface area contributed by atoms with Gasteiger partial charge in [0.2, 0.25) is 11.8 Å². The first kappa shape index (κ1) is 15.7. The van der Waals surface area contributed by atoms with Crippen LogP contribution in [-0.2, 0) is 9.59 Å². The number of carbonyl (C=O) groups is 2. The van der Waals surface area contributed by atoms with Crippen LogP contribution in [0, 0.1) is 0 Å². The Hall–Kier alpha value is -2.82. The molecule has 2 aliphatic rings. The Kier molecular flexibility index (Phi) is 3.92. The number of para-hydroxylation sites is 2. The van der Waals surface area contributed by atoms with E-state index in [1.807, 2.05) is 48.5 Å². The van der Waals surface area contributed by atoms with Gasteiger partial charge in [0.15, 0.2) is 0 Å². The largest absolute Gasteiger partial charge is 0.457 e. The number of ether oxygens (including phenoxy) is 1. The molecule has 1 atom stereocenters. The van der Waals surface area contributed by atoms with E-state index in [1.54, 1.807) is 11.9 Å². The molecule has 1 unspecified atom stereocenters. The molecule has 2 aromatic carbocycles. The summed E-state index contributed by atoms with van der Waals surface area (Å²) < 4.78 is 5.93. The van der Waals surface area contributed by atoms with Gasteiger partial charge < -0.3 is 15.0 Å². The highest BCUT2D eigenvalue weighted by Crippen LogP contribution is 2.43. The van der Waals surface area contributed by atoms with Gasteiger partial charge in [-0.15, -0.1) is 0 Å². The molecule has 2 amide bonds. The van der Waals surface area contributed by atoms with Crippen LogP contribution in [-0.4, -0.2) is 36.3 Å². The van der Waals surface area contributed by atoms with Gasteiger partial charge >= 0.3 is 0 Å². The molecule has 0 aromatic heterocycles. The average molecular weight is 336 g/mol. The van der Waals surface area contributed by atoms with Gasteiger partial charge in [0.05, 0.1) is 5.92 Å². The monoisotopic (exact) mass is 336 g/mol. The number of likely N-dealkylation sites (N-methyl/N-ethyl adjacent to an activating group) is 1. The average Bonchev–Trinajstić information content (AvgIpc) is 2.63. The number of nitrogens with one attached hydrogen (secondary N) is 1. The molecule has 1 N–H and O–H groups in total. The van der Waals surface area contributed by atoms with Crippen molar-refractivity contribution in [3.63, 3.8) is 0 Å². The summed E-state index contributed by atoms with van der Waals surface area (Å²) in [6, 6.07) is 14.7. The number of hydrogen-bond donors (Lipinski definition) is 1. The Morgan fingerprint density at radius 3 is 2.32 bits per heavy atom. The minimum absolute atomic E-state index is 0.0202. The number of nitrogens with zero attached hydrogens (tertiary/aromatic N) is 1. The van der Waals surface area contributed by atoms with E-state index in [9.17, 15) is 9.59 Å². The van der Waals surface area contributed by atoms with E-state index < -0.39 is 12.0 Å². The lowest BCUT2D eigenvalue weighted by atomic mass is 9.87. The number of benzene rings is 2. The van der Waals surface area contributed by atoms with Crippen LogP contribution in [0.5, 0.6) is 11.5 Å². The van der Waals surface area contributed by atoms with Crippen molar-refractivity contribution >= 4 is 11.8 Å². The zero-order chi connectivity index (χ0) is 17.4. The molecule has 2 aromatic rings. The van der Waals surface area contributed by atoms with Crippen molar-refractivity contribution in [2.24, 2.45) is 0 Å². The van der Waals surface area contributed by atoms with Gasteiger partial charge in [-0.3, -0.25) is 9.59 Å². The number of fused-ring (bicyclic) bond motifs is 2. The van der Waals surface area contributed by atoms with E-state index in [4.69, 9.17) is 4.74 Å². The van der Waals surface area contributed by atoms with Crippen molar-refractivity contribution < 1.29 is 14.3 Å². The molecule has 0 saturated carbocycles. The lowest BCUT2D eigenvalue weighted by Gasteiger charge is -2.32. The molecular formula is C20H20N2O3. The molecule has 0 bridgehead atoms. The second kappa shape index (κ2) is 6.24. The SMILES string of the molecule is CN1CCCC(NC(=O)C2c3ccccc3Oc3ccccc32)C1=O. The highest BCUT2D eigenvalue weighted by atomic mass is 16.5. The molecule has 2 heterocycles. The van der Waals surface area contributed by atoms with E-state index in [2.05, 4.69) is 5.32 Å². The predicted molar refractivity (Wildman–Crippen MR) is 93.6 cm³/mol. The fourth-order valence-electron chi connectivity index (χ4n) is 3.61. The first-order chi connectivity index (χ1) is 12.1. The second-order valence-electron chi connectivity index (χ2n) is 6.57. The smallest absolute Gasteiger partial charge is 0.244 e. The van der Waals surface area contributed by atoms with Gasteiger partial charge in [-0.1, -0.05) is 36.4 Å². The summed E-state index contributed by atoms with van der Waals surface area (Å²) in [6.07, 6.45) is 1.58. The first-order valence-electron chi connectivity index (χ1n) is 8.56. The normalized spacial score (nSPS) is 19.6. The minimum atomic E-state index is -0.471. The summed E-state index contributed by atoms with van der Waals surface area (Å²) >= 11 is 0.